The molecule has 6 heavy (non-hydrogen) atoms. The van der Waals surface area contributed by atoms with Crippen LogP contribution < -0.4 is 0 Å². The van der Waals surface area contributed by atoms with Gasteiger partial charge in [0.25, 0.3) is 0 Å². The van der Waals surface area contributed by atoms with Crippen LogP contribution in [0.3, 0.4) is 0 Å². The summed E-state index contributed by atoms with van der Waals surface area (Å²) in [5.41, 5.74) is 0. The van der Waals surface area contributed by atoms with Gasteiger partial charge < -0.3 is 5.11 Å². The van der Waals surface area contributed by atoms with Crippen LogP contribution in [0.1, 0.15) is 15.2 Å². The first kappa shape index (κ1) is 3.65. The molecular formula is C4H8O2. The summed E-state index contributed by atoms with van der Waals surface area (Å²) in [6, 6.07) is 0. The molecule has 0 heterocycles. The number of rotatable bonds is 1. The fourth-order valence-corrected chi connectivity index (χ4v) is 0. The van der Waals surface area contributed by atoms with E-state index in [9.17, 15) is 4.79 Å². The van der Waals surface area contributed by atoms with Crippen molar-refractivity contribution in [2.24, 2.45) is 5.89 Å². The summed E-state index contributed by atoms with van der Waals surface area (Å²) in [7, 11) is 0. The van der Waals surface area contributed by atoms with Gasteiger partial charge in [-0.05, 0) is 0 Å². The molecule has 0 unspecified atom stereocenters. The van der Waals surface area contributed by atoms with Crippen LogP contribution in [0.4, 0.5) is 0 Å². The quantitative estimate of drug-likeness (QED) is 0.514. The lowest BCUT2D eigenvalue weighted by atomic mass is 10.2. The van der Waals surface area contributed by atoms with Gasteiger partial charge in [0.2, 0.25) is 0 Å². The van der Waals surface area contributed by atoms with Gasteiger partial charge in [0.15, 0.2) is 0 Å². The zero-order valence-corrected chi connectivity index (χ0v) is 3.86. The second-order valence-electron chi connectivity index (χ2n) is 1.31. The van der Waals surface area contributed by atoms with E-state index in [0.717, 1.165) is 0 Å². The number of carbonyl (C=O) groups is 1. The normalized spacial score (nSPS) is 13.3. The van der Waals surface area contributed by atoms with E-state index in [1.165, 1.54) is 13.8 Å². The van der Waals surface area contributed by atoms with Crippen LogP contribution in [0, 0.1) is 5.89 Å². The van der Waals surface area contributed by atoms with Gasteiger partial charge in [-0.2, -0.15) is 0 Å². The van der Waals surface area contributed by atoms with Crippen LogP contribution in [-0.2, 0) is 4.79 Å². The Bertz CT molecular complexity index is 82.2. The zero-order chi connectivity index (χ0) is 6.08. The molecule has 2 heteroatoms. The van der Waals surface area contributed by atoms with Crippen molar-refractivity contribution in [2.45, 2.75) is 13.8 Å². The third-order valence-electron chi connectivity index (χ3n) is 0.428. The Balaban J connectivity index is 3.79. The molecule has 1 N–H and O–H groups in total. The summed E-state index contributed by atoms with van der Waals surface area (Å²) < 4.78 is 6.79. The molecule has 0 bridgehead atoms. The lowest BCUT2D eigenvalue weighted by Crippen LogP contribution is -2.03. The summed E-state index contributed by atoms with van der Waals surface area (Å²) in [4.78, 5) is 9.83. The average Bonchev–Trinajstić information content (AvgIpc) is 1.31. The van der Waals surface area contributed by atoms with E-state index in [-0.39, 0.29) is 0 Å². The third-order valence-corrected chi connectivity index (χ3v) is 0.428. The van der Waals surface area contributed by atoms with Crippen LogP contribution in [0.2, 0.25) is 0 Å². The average molecular weight is 89.1 g/mol. The van der Waals surface area contributed by atoms with Gasteiger partial charge in [-0.25, -0.2) is 0 Å². The maximum atomic E-state index is 9.83. The molecule has 0 saturated heterocycles. The summed E-state index contributed by atoms with van der Waals surface area (Å²) in [6.07, 6.45) is 0. The molecule has 2 nitrogen and oxygen atoms in total. The van der Waals surface area contributed by atoms with Gasteiger partial charge in [-0.1, -0.05) is 13.8 Å². The van der Waals surface area contributed by atoms with Crippen molar-refractivity contribution in [3.05, 3.63) is 0 Å². The van der Waals surface area contributed by atoms with Crippen molar-refractivity contribution in [3.63, 3.8) is 0 Å². The summed E-state index contributed by atoms with van der Waals surface area (Å²) in [5.74, 6) is -2.42. The fourth-order valence-electron chi connectivity index (χ4n) is 0. The standard InChI is InChI=1S/C4H8O2/c1-3(2)4(5)6/h3H,1-2H3,(H,5,6)/i3D. The second-order valence-corrected chi connectivity index (χ2v) is 1.31. The highest BCUT2D eigenvalue weighted by molar-refractivity contribution is 5.68. The topological polar surface area (TPSA) is 37.3 Å². The first-order valence-corrected chi connectivity index (χ1v) is 1.68. The van der Waals surface area contributed by atoms with Crippen molar-refractivity contribution in [1.82, 2.24) is 0 Å². The Morgan fingerprint density at radius 1 is 2.00 bits per heavy atom. The van der Waals surface area contributed by atoms with Gasteiger partial charge in [0.05, 0.1) is 5.89 Å². The number of carboxylic acids is 1. The number of carboxylic acid groups (broad SMARTS) is 1. The van der Waals surface area contributed by atoms with Crippen LogP contribution in [0.25, 0.3) is 0 Å². The SMILES string of the molecule is [2H]C(C)(C)C(=O)O. The molecule has 0 aromatic heterocycles. The first-order valence-electron chi connectivity index (χ1n) is 2.18. The highest BCUT2D eigenvalue weighted by atomic mass is 16.4. The molecule has 0 rings (SSSR count). The van der Waals surface area contributed by atoms with E-state index >= 15 is 0 Å². The van der Waals surface area contributed by atoms with Gasteiger partial charge in [-0.3, -0.25) is 4.79 Å². The van der Waals surface area contributed by atoms with Crippen molar-refractivity contribution >= 4 is 5.97 Å². The van der Waals surface area contributed by atoms with Gasteiger partial charge in [0.1, 0.15) is 0 Å². The van der Waals surface area contributed by atoms with Gasteiger partial charge in [0, 0.05) is 1.37 Å². The predicted octanol–water partition coefficient (Wildman–Crippen LogP) is 0.727. The summed E-state index contributed by atoms with van der Waals surface area (Å²) in [5, 5.41) is 8.06. The summed E-state index contributed by atoms with van der Waals surface area (Å²) >= 11 is 0. The monoisotopic (exact) mass is 89.1 g/mol. The highest BCUT2D eigenvalue weighted by Crippen LogP contribution is 1.87. The molecule has 0 fully saturated rings. The van der Waals surface area contributed by atoms with E-state index in [1.807, 2.05) is 0 Å². The Kier molecular flexibility index (Phi) is 1.10. The smallest absolute Gasteiger partial charge is 0.305 e. The number of aliphatic carboxylic acids is 1. The lowest BCUT2D eigenvalue weighted by Gasteiger charge is -1.89. The highest BCUT2D eigenvalue weighted by Gasteiger charge is 1.99. The first-order chi connectivity index (χ1) is 2.94. The Morgan fingerprint density at radius 2 is 2.17 bits per heavy atom. The van der Waals surface area contributed by atoms with E-state index in [2.05, 4.69) is 0 Å². The van der Waals surface area contributed by atoms with Gasteiger partial charge >= 0.3 is 5.97 Å². The fraction of sp³-hybridized carbons (Fsp3) is 0.750. The third kappa shape index (κ3) is 1.76. The summed E-state index contributed by atoms with van der Waals surface area (Å²) in [6.45, 7) is 2.66. The maximum absolute atomic E-state index is 9.83. The van der Waals surface area contributed by atoms with Crippen molar-refractivity contribution in [3.8, 4) is 0 Å². The second kappa shape index (κ2) is 1.80. The predicted molar refractivity (Wildman–Crippen MR) is 22.5 cm³/mol. The van der Waals surface area contributed by atoms with Crippen LogP contribution in [0.15, 0.2) is 0 Å². The molecule has 0 aliphatic rings. The van der Waals surface area contributed by atoms with Crippen LogP contribution in [-0.4, -0.2) is 11.1 Å². The Morgan fingerprint density at radius 3 is 2.17 bits per heavy atom. The van der Waals surface area contributed by atoms with E-state index in [4.69, 9.17) is 6.48 Å². The molecule has 0 spiro atoms. The molecular weight excluding hydrogens is 80.0 g/mol. The minimum absolute atomic E-state index is 1.09. The van der Waals surface area contributed by atoms with Crippen molar-refractivity contribution in [1.29, 1.82) is 0 Å². The maximum Gasteiger partial charge on any atom is 0.305 e. The molecule has 36 valence electrons. The minimum Gasteiger partial charge on any atom is -0.481 e. The molecule has 0 aromatic rings. The largest absolute Gasteiger partial charge is 0.481 e. The molecule has 0 aliphatic heterocycles. The molecule has 0 amide bonds. The molecule has 0 atom stereocenters. The van der Waals surface area contributed by atoms with E-state index in [1.54, 1.807) is 0 Å². The van der Waals surface area contributed by atoms with Crippen molar-refractivity contribution in [2.75, 3.05) is 0 Å². The Labute approximate surface area is 38.2 Å². The van der Waals surface area contributed by atoms with Crippen LogP contribution >= 0.6 is 0 Å². The molecule has 0 saturated carbocycles. The van der Waals surface area contributed by atoms with Crippen molar-refractivity contribution < 1.29 is 11.3 Å². The lowest BCUT2D eigenvalue weighted by molar-refractivity contribution is -0.140. The zero-order valence-electron chi connectivity index (χ0n) is 4.86. The molecule has 0 radical (unpaired) electrons. The molecule has 0 aliphatic carbocycles. The van der Waals surface area contributed by atoms with Gasteiger partial charge in [-0.15, -0.1) is 0 Å². The Hall–Kier alpha value is -0.530. The molecule has 0 aromatic carbocycles. The van der Waals surface area contributed by atoms with Crippen LogP contribution in [0.5, 0.6) is 0 Å². The number of hydrogen-bond acceptors (Lipinski definition) is 1. The van der Waals surface area contributed by atoms with E-state index < -0.39 is 11.9 Å². The van der Waals surface area contributed by atoms with E-state index in [0.29, 0.717) is 0 Å². The number of hydrogen-bond donors (Lipinski definition) is 1. The minimum atomic E-state index is -1.33.